The predicted octanol–water partition coefficient (Wildman–Crippen LogP) is 2.72. The Hall–Kier alpha value is 0.650. The summed E-state index contributed by atoms with van der Waals surface area (Å²) in [6.07, 6.45) is 9.87. The highest BCUT2D eigenvalue weighted by molar-refractivity contribution is 14.1. The van der Waals surface area contributed by atoms with Crippen molar-refractivity contribution in [3.05, 3.63) is 0 Å². The van der Waals surface area contributed by atoms with Crippen LogP contribution in [0.25, 0.3) is 0 Å². The number of halogens is 1. The Morgan fingerprint density at radius 2 is 2.00 bits per heavy atom. The quantitative estimate of drug-likeness (QED) is 0.634. The van der Waals surface area contributed by atoms with Crippen LogP contribution in [0.15, 0.2) is 0 Å². The van der Waals surface area contributed by atoms with Crippen molar-refractivity contribution in [1.82, 2.24) is 8.43 Å². The Labute approximate surface area is 101 Å². The largest absolute Gasteiger partial charge is 0.314 e. The Bertz CT molecular complexity index is 163. The molecule has 3 heteroatoms. The predicted molar refractivity (Wildman–Crippen MR) is 68.6 cm³/mol. The van der Waals surface area contributed by atoms with E-state index >= 15 is 0 Å². The minimum absolute atomic E-state index is 0.807. The molecule has 1 N–H and O–H groups in total. The van der Waals surface area contributed by atoms with Gasteiger partial charge >= 0.3 is 0 Å². The molecule has 2 rings (SSSR count). The summed E-state index contributed by atoms with van der Waals surface area (Å²) in [5, 5.41) is 3.62. The summed E-state index contributed by atoms with van der Waals surface area (Å²) < 4.78 is 2.54. The first kappa shape index (κ1) is 11.1. The molecule has 2 fully saturated rings. The van der Waals surface area contributed by atoms with E-state index in [1.54, 1.807) is 0 Å². The van der Waals surface area contributed by atoms with E-state index in [-0.39, 0.29) is 0 Å². The van der Waals surface area contributed by atoms with Gasteiger partial charge in [-0.15, -0.1) is 0 Å². The molecule has 0 spiro atoms. The van der Waals surface area contributed by atoms with Crippen LogP contribution in [0.2, 0.25) is 0 Å². The Morgan fingerprint density at radius 1 is 1.14 bits per heavy atom. The molecule has 82 valence electrons. The van der Waals surface area contributed by atoms with E-state index in [1.807, 2.05) is 0 Å². The van der Waals surface area contributed by atoms with Gasteiger partial charge in [-0.05, 0) is 38.6 Å². The molecule has 2 nitrogen and oxygen atoms in total. The van der Waals surface area contributed by atoms with E-state index in [2.05, 4.69) is 31.3 Å². The van der Waals surface area contributed by atoms with Crippen molar-refractivity contribution in [1.29, 1.82) is 0 Å². The molecule has 0 amide bonds. The Kier molecular flexibility index (Phi) is 4.50. The lowest BCUT2D eigenvalue weighted by Gasteiger charge is -2.34. The van der Waals surface area contributed by atoms with Crippen LogP contribution in [0.5, 0.6) is 0 Å². The van der Waals surface area contributed by atoms with E-state index in [9.17, 15) is 0 Å². The van der Waals surface area contributed by atoms with Gasteiger partial charge < -0.3 is 5.32 Å². The molecular formula is C11H21IN2. The molecular weight excluding hydrogens is 287 g/mol. The first-order chi connectivity index (χ1) is 6.86. The summed E-state index contributed by atoms with van der Waals surface area (Å²) in [4.78, 5) is 0. The number of hydrogen-bond donors (Lipinski definition) is 1. The monoisotopic (exact) mass is 308 g/mol. The van der Waals surface area contributed by atoms with Crippen LogP contribution in [-0.2, 0) is 0 Å². The second kappa shape index (κ2) is 5.66. The maximum absolute atomic E-state index is 3.62. The average molecular weight is 308 g/mol. The normalized spacial score (nSPS) is 29.1. The van der Waals surface area contributed by atoms with Crippen LogP contribution in [0.3, 0.4) is 0 Å². The van der Waals surface area contributed by atoms with Crippen molar-refractivity contribution in [3.63, 3.8) is 0 Å². The van der Waals surface area contributed by atoms with Gasteiger partial charge in [-0.25, -0.2) is 3.11 Å². The fraction of sp³-hybridized carbons (Fsp3) is 1.00. The van der Waals surface area contributed by atoms with Gasteiger partial charge in [0.15, 0.2) is 0 Å². The number of piperidine rings is 1. The molecule has 0 aromatic heterocycles. The molecule has 1 aliphatic heterocycles. The van der Waals surface area contributed by atoms with Gasteiger partial charge in [-0.1, -0.05) is 12.8 Å². The maximum atomic E-state index is 3.62. The van der Waals surface area contributed by atoms with Crippen molar-refractivity contribution in [3.8, 4) is 0 Å². The van der Waals surface area contributed by atoms with E-state index in [0.29, 0.717) is 0 Å². The van der Waals surface area contributed by atoms with E-state index in [0.717, 1.165) is 12.1 Å². The molecule has 1 unspecified atom stereocenters. The van der Waals surface area contributed by atoms with Gasteiger partial charge in [0.1, 0.15) is 0 Å². The Balaban J connectivity index is 1.60. The summed E-state index contributed by atoms with van der Waals surface area (Å²) in [6, 6.07) is 1.71. The third-order valence-electron chi connectivity index (χ3n) is 3.57. The van der Waals surface area contributed by atoms with Gasteiger partial charge in [0.05, 0.1) is 0 Å². The molecule has 14 heavy (non-hydrogen) atoms. The third kappa shape index (κ3) is 3.07. The fourth-order valence-corrected chi connectivity index (χ4v) is 3.13. The van der Waals surface area contributed by atoms with E-state index in [4.69, 9.17) is 0 Å². The fourth-order valence-electron chi connectivity index (χ4n) is 2.30. The highest BCUT2D eigenvalue weighted by atomic mass is 127. The number of hydrogen-bond acceptors (Lipinski definition) is 2. The SMILES string of the molecule is IN(CCC1CCCCN1)C1CCC1. The summed E-state index contributed by atoms with van der Waals surface area (Å²) in [7, 11) is 0. The summed E-state index contributed by atoms with van der Waals surface area (Å²) in [5.74, 6) is 0. The molecule has 0 aromatic carbocycles. The van der Waals surface area contributed by atoms with Crippen LogP contribution in [0, 0.1) is 0 Å². The van der Waals surface area contributed by atoms with Crippen LogP contribution in [0.4, 0.5) is 0 Å². The van der Waals surface area contributed by atoms with Gasteiger partial charge in [0.2, 0.25) is 0 Å². The minimum Gasteiger partial charge on any atom is -0.314 e. The maximum Gasteiger partial charge on any atom is 0.0204 e. The lowest BCUT2D eigenvalue weighted by Crippen LogP contribution is -2.39. The van der Waals surface area contributed by atoms with Gasteiger partial charge in [-0.3, -0.25) is 0 Å². The van der Waals surface area contributed by atoms with Crippen molar-refractivity contribution >= 4 is 22.9 Å². The standard InChI is InChI=1S/C11H21IN2/c12-14(11-5-3-6-11)9-7-10-4-1-2-8-13-10/h10-11,13H,1-9H2. The first-order valence-electron chi connectivity index (χ1n) is 6.02. The van der Waals surface area contributed by atoms with Crippen LogP contribution < -0.4 is 5.32 Å². The molecule has 2 aliphatic rings. The third-order valence-corrected chi connectivity index (χ3v) is 4.84. The average Bonchev–Trinajstić information content (AvgIpc) is 2.14. The lowest BCUT2D eigenvalue weighted by molar-refractivity contribution is 0.241. The van der Waals surface area contributed by atoms with Gasteiger partial charge in [0.25, 0.3) is 0 Å². The zero-order valence-electron chi connectivity index (χ0n) is 8.84. The molecule has 1 heterocycles. The number of nitrogens with one attached hydrogen (secondary N) is 1. The molecule has 0 bridgehead atoms. The van der Waals surface area contributed by atoms with Crippen molar-refractivity contribution in [2.75, 3.05) is 13.1 Å². The van der Waals surface area contributed by atoms with Crippen LogP contribution in [-0.4, -0.2) is 28.3 Å². The molecule has 0 aromatic rings. The number of nitrogens with zero attached hydrogens (tertiary/aromatic N) is 1. The topological polar surface area (TPSA) is 15.3 Å². The molecule has 1 atom stereocenters. The summed E-state index contributed by atoms with van der Waals surface area (Å²) >= 11 is 2.52. The van der Waals surface area contributed by atoms with Crippen molar-refractivity contribution in [2.45, 2.75) is 57.0 Å². The highest BCUT2D eigenvalue weighted by Gasteiger charge is 2.23. The smallest absolute Gasteiger partial charge is 0.0204 e. The molecule has 1 saturated carbocycles. The zero-order chi connectivity index (χ0) is 9.80. The zero-order valence-corrected chi connectivity index (χ0v) is 11.0. The lowest BCUT2D eigenvalue weighted by atomic mass is 9.93. The summed E-state index contributed by atoms with van der Waals surface area (Å²) in [6.45, 7) is 2.53. The van der Waals surface area contributed by atoms with Crippen molar-refractivity contribution in [2.24, 2.45) is 0 Å². The molecule has 1 aliphatic carbocycles. The van der Waals surface area contributed by atoms with Crippen molar-refractivity contribution < 1.29 is 0 Å². The second-order valence-electron chi connectivity index (χ2n) is 4.64. The molecule has 1 saturated heterocycles. The van der Waals surface area contributed by atoms with E-state index in [1.165, 1.54) is 58.0 Å². The summed E-state index contributed by atoms with van der Waals surface area (Å²) in [5.41, 5.74) is 0. The Morgan fingerprint density at radius 3 is 2.57 bits per heavy atom. The van der Waals surface area contributed by atoms with Gasteiger partial charge in [-0.2, -0.15) is 0 Å². The minimum atomic E-state index is 0.807. The first-order valence-corrected chi connectivity index (χ1v) is 6.98. The molecule has 0 radical (unpaired) electrons. The van der Waals surface area contributed by atoms with E-state index < -0.39 is 0 Å². The highest BCUT2D eigenvalue weighted by Crippen LogP contribution is 2.27. The van der Waals surface area contributed by atoms with Crippen LogP contribution in [0.1, 0.15) is 44.9 Å². The number of rotatable bonds is 4. The van der Waals surface area contributed by atoms with Crippen LogP contribution >= 0.6 is 22.9 Å². The second-order valence-corrected chi connectivity index (χ2v) is 5.88. The van der Waals surface area contributed by atoms with Gasteiger partial charge in [0, 0.05) is 41.5 Å².